The monoisotopic (exact) mass is 448 g/mol. The molecule has 0 saturated heterocycles. The van der Waals surface area contributed by atoms with Gasteiger partial charge in [0, 0.05) is 23.4 Å². The Hall–Kier alpha value is -3.78. The molecular formula is C25H24N2O6. The highest BCUT2D eigenvalue weighted by atomic mass is 16.6. The maximum atomic E-state index is 12.6. The minimum Gasteiger partial charge on any atom is -0.488 e. The second kappa shape index (κ2) is 8.99. The van der Waals surface area contributed by atoms with E-state index in [-0.39, 0.29) is 18.9 Å². The first-order valence-corrected chi connectivity index (χ1v) is 10.8. The van der Waals surface area contributed by atoms with Crippen molar-refractivity contribution in [2.45, 2.75) is 20.1 Å². The van der Waals surface area contributed by atoms with Gasteiger partial charge in [0.25, 0.3) is 0 Å². The van der Waals surface area contributed by atoms with E-state index in [4.69, 9.17) is 23.7 Å². The van der Waals surface area contributed by atoms with Gasteiger partial charge in [-0.15, -0.1) is 0 Å². The number of H-pyrrole nitrogens is 1. The zero-order valence-corrected chi connectivity index (χ0v) is 18.5. The number of nitrogens with zero attached hydrogens (tertiary/aromatic N) is 1. The normalized spacial score (nSPS) is 12.8. The summed E-state index contributed by atoms with van der Waals surface area (Å²) in [5.74, 6) is 1.68. The zero-order valence-electron chi connectivity index (χ0n) is 18.5. The van der Waals surface area contributed by atoms with Gasteiger partial charge in [-0.3, -0.25) is 0 Å². The Morgan fingerprint density at radius 1 is 1.06 bits per heavy atom. The van der Waals surface area contributed by atoms with E-state index in [2.05, 4.69) is 9.97 Å². The van der Waals surface area contributed by atoms with Crippen molar-refractivity contribution in [1.82, 2.24) is 9.97 Å². The van der Waals surface area contributed by atoms with E-state index in [9.17, 15) is 4.79 Å². The summed E-state index contributed by atoms with van der Waals surface area (Å²) in [4.78, 5) is 20.3. The van der Waals surface area contributed by atoms with Crippen molar-refractivity contribution in [1.29, 1.82) is 0 Å². The van der Waals surface area contributed by atoms with Crippen molar-refractivity contribution < 1.29 is 28.5 Å². The lowest BCUT2D eigenvalue weighted by atomic mass is 10.0. The Morgan fingerprint density at radius 2 is 1.91 bits per heavy atom. The first-order valence-electron chi connectivity index (χ1n) is 10.8. The number of aromatic nitrogens is 2. The molecule has 0 amide bonds. The molecule has 0 unspecified atom stereocenters. The van der Waals surface area contributed by atoms with Gasteiger partial charge in [-0.25, -0.2) is 9.78 Å². The summed E-state index contributed by atoms with van der Waals surface area (Å²) in [6.07, 6.45) is 1.64. The molecule has 0 spiro atoms. The van der Waals surface area contributed by atoms with Gasteiger partial charge in [-0.1, -0.05) is 12.1 Å². The number of pyridine rings is 1. The number of hydrogen-bond donors (Lipinski definition) is 1. The van der Waals surface area contributed by atoms with Crippen molar-refractivity contribution in [3.8, 4) is 17.2 Å². The number of carbonyl (C=O) groups excluding carboxylic acids is 1. The molecule has 170 valence electrons. The number of hydrogen-bond acceptors (Lipinski definition) is 7. The van der Waals surface area contributed by atoms with Gasteiger partial charge >= 0.3 is 5.97 Å². The maximum absolute atomic E-state index is 12.6. The topological polar surface area (TPSA) is 91.9 Å². The Morgan fingerprint density at radius 3 is 2.73 bits per heavy atom. The molecule has 2 aromatic carbocycles. The Labute approximate surface area is 190 Å². The van der Waals surface area contributed by atoms with E-state index >= 15 is 0 Å². The van der Waals surface area contributed by atoms with E-state index in [1.165, 1.54) is 0 Å². The maximum Gasteiger partial charge on any atom is 0.357 e. The van der Waals surface area contributed by atoms with Crippen LogP contribution in [-0.2, 0) is 22.7 Å². The summed E-state index contributed by atoms with van der Waals surface area (Å²) < 4.78 is 28.2. The molecule has 0 radical (unpaired) electrons. The fourth-order valence-electron chi connectivity index (χ4n) is 4.09. The van der Waals surface area contributed by atoms with E-state index in [0.717, 1.165) is 38.9 Å². The molecule has 1 aliphatic heterocycles. The van der Waals surface area contributed by atoms with E-state index in [1.807, 2.05) is 36.4 Å². The summed E-state index contributed by atoms with van der Waals surface area (Å²) in [5, 5.41) is 1.70. The minimum atomic E-state index is -0.476. The molecular weight excluding hydrogens is 424 g/mol. The molecule has 8 nitrogen and oxygen atoms in total. The minimum absolute atomic E-state index is 0.210. The number of nitrogens with one attached hydrogen (secondary N) is 1. The summed E-state index contributed by atoms with van der Waals surface area (Å²) in [5.41, 5.74) is 3.54. The third kappa shape index (κ3) is 3.93. The van der Waals surface area contributed by atoms with Crippen LogP contribution in [0.3, 0.4) is 0 Å². The Kier molecular flexibility index (Phi) is 5.75. The number of esters is 1. The molecule has 0 fully saturated rings. The van der Waals surface area contributed by atoms with Crippen LogP contribution in [0.4, 0.5) is 0 Å². The second-order valence-corrected chi connectivity index (χ2v) is 7.60. The summed E-state index contributed by atoms with van der Waals surface area (Å²) in [6.45, 7) is 3.67. The quantitative estimate of drug-likeness (QED) is 0.419. The van der Waals surface area contributed by atoms with E-state index in [1.54, 1.807) is 20.2 Å². The molecule has 0 atom stereocenters. The molecule has 0 bridgehead atoms. The van der Waals surface area contributed by atoms with Gasteiger partial charge in [0.15, 0.2) is 17.2 Å². The van der Waals surface area contributed by atoms with Crippen molar-refractivity contribution in [3.05, 3.63) is 59.4 Å². The van der Waals surface area contributed by atoms with Gasteiger partial charge < -0.3 is 28.7 Å². The van der Waals surface area contributed by atoms with Gasteiger partial charge in [0.2, 0.25) is 0 Å². The Balaban J connectivity index is 1.56. The number of benzene rings is 2. The molecule has 1 N–H and O–H groups in total. The van der Waals surface area contributed by atoms with Crippen molar-refractivity contribution >= 4 is 27.8 Å². The summed E-state index contributed by atoms with van der Waals surface area (Å²) in [7, 11) is 1.59. The first kappa shape index (κ1) is 21.1. The molecule has 1 aliphatic rings. The van der Waals surface area contributed by atoms with Crippen LogP contribution in [0.15, 0.2) is 42.6 Å². The highest BCUT2D eigenvalue weighted by Gasteiger charge is 2.22. The highest BCUT2D eigenvalue weighted by Crippen LogP contribution is 2.37. The molecule has 3 heterocycles. The molecule has 5 rings (SSSR count). The van der Waals surface area contributed by atoms with Crippen LogP contribution in [0.5, 0.6) is 17.2 Å². The van der Waals surface area contributed by atoms with Crippen molar-refractivity contribution in [2.75, 3.05) is 26.9 Å². The lowest BCUT2D eigenvalue weighted by Gasteiger charge is -2.19. The third-order valence-corrected chi connectivity index (χ3v) is 5.48. The standard InChI is InChI=1S/C25H24N2O6/c1-3-30-25(28)24-16(14-29-2)22-18(12-26-24)27-17-5-4-6-20(23(17)22)33-13-15-7-8-19-21(11-15)32-10-9-31-19/h4-8,11-12,27H,3,9-10,13-14H2,1-2H3. The van der Waals surface area contributed by atoms with Crippen LogP contribution in [0.1, 0.15) is 28.5 Å². The predicted molar refractivity (Wildman–Crippen MR) is 122 cm³/mol. The van der Waals surface area contributed by atoms with Crippen LogP contribution >= 0.6 is 0 Å². The molecule has 2 aromatic heterocycles. The highest BCUT2D eigenvalue weighted by molar-refractivity contribution is 6.13. The van der Waals surface area contributed by atoms with Gasteiger partial charge in [0.05, 0.1) is 30.4 Å². The number of aromatic amines is 1. The van der Waals surface area contributed by atoms with E-state index < -0.39 is 5.97 Å². The van der Waals surface area contributed by atoms with Crippen LogP contribution in [0.2, 0.25) is 0 Å². The number of fused-ring (bicyclic) bond motifs is 4. The Bertz CT molecular complexity index is 1330. The fraction of sp³-hybridized carbons (Fsp3) is 0.280. The number of ether oxygens (including phenoxy) is 5. The number of carbonyl (C=O) groups is 1. The lowest BCUT2D eigenvalue weighted by molar-refractivity contribution is 0.0514. The number of methoxy groups -OCH3 is 1. The average Bonchev–Trinajstić information content (AvgIpc) is 3.23. The van der Waals surface area contributed by atoms with Crippen LogP contribution in [0.25, 0.3) is 21.8 Å². The van der Waals surface area contributed by atoms with Gasteiger partial charge in [-0.05, 0) is 36.8 Å². The first-order chi connectivity index (χ1) is 16.2. The fourth-order valence-corrected chi connectivity index (χ4v) is 4.09. The largest absolute Gasteiger partial charge is 0.488 e. The predicted octanol–water partition coefficient (Wildman–Crippen LogP) is 4.39. The van der Waals surface area contributed by atoms with E-state index in [0.29, 0.717) is 31.1 Å². The average molecular weight is 448 g/mol. The second-order valence-electron chi connectivity index (χ2n) is 7.60. The van der Waals surface area contributed by atoms with Crippen molar-refractivity contribution in [2.24, 2.45) is 0 Å². The molecule has 0 saturated carbocycles. The molecule has 0 aliphatic carbocycles. The summed E-state index contributed by atoms with van der Waals surface area (Å²) in [6, 6.07) is 11.6. The molecule has 8 heteroatoms. The lowest BCUT2D eigenvalue weighted by Crippen LogP contribution is -2.15. The number of rotatable bonds is 7. The van der Waals surface area contributed by atoms with Crippen LogP contribution in [0, 0.1) is 0 Å². The SMILES string of the molecule is CCOC(=O)c1ncc2[nH]c3cccc(OCc4ccc5c(c4)OCCO5)c3c2c1COC. The van der Waals surface area contributed by atoms with Crippen LogP contribution < -0.4 is 14.2 Å². The van der Waals surface area contributed by atoms with Gasteiger partial charge in [-0.2, -0.15) is 0 Å². The smallest absolute Gasteiger partial charge is 0.357 e. The molecule has 4 aromatic rings. The molecule has 33 heavy (non-hydrogen) atoms. The van der Waals surface area contributed by atoms with Crippen molar-refractivity contribution in [3.63, 3.8) is 0 Å². The summed E-state index contributed by atoms with van der Waals surface area (Å²) >= 11 is 0. The zero-order chi connectivity index (χ0) is 22.8. The van der Waals surface area contributed by atoms with Crippen LogP contribution in [-0.4, -0.2) is 42.9 Å². The third-order valence-electron chi connectivity index (χ3n) is 5.48. The van der Waals surface area contributed by atoms with Gasteiger partial charge in [0.1, 0.15) is 25.6 Å².